The van der Waals surface area contributed by atoms with Gasteiger partial charge in [0.2, 0.25) is 0 Å². The minimum absolute atomic E-state index is 0.0836. The number of aromatic nitrogens is 1. The van der Waals surface area contributed by atoms with Gasteiger partial charge in [0.15, 0.2) is 0 Å². The molecule has 0 bridgehead atoms. The third-order valence-corrected chi connectivity index (χ3v) is 5.78. The van der Waals surface area contributed by atoms with Gasteiger partial charge in [-0.2, -0.15) is 0 Å². The standard InChI is InChI=1S/C24H26N2O2/c1-26(18-8-4-3-5-9-18)24(27)21-16-23(17-12-14-19(28-2)15-13-17)25-22-11-7-6-10-20(21)22/h6-7,10-16,18H,3-5,8-9H2,1-2H3. The van der Waals surface area contributed by atoms with Gasteiger partial charge < -0.3 is 9.64 Å². The number of carbonyl (C=O) groups is 1. The maximum Gasteiger partial charge on any atom is 0.254 e. The lowest BCUT2D eigenvalue weighted by Gasteiger charge is -2.31. The number of fused-ring (bicyclic) bond motifs is 1. The number of benzene rings is 2. The third kappa shape index (κ3) is 3.59. The van der Waals surface area contributed by atoms with Crippen LogP contribution in [0.4, 0.5) is 0 Å². The molecule has 0 unspecified atom stereocenters. The molecule has 1 saturated carbocycles. The highest BCUT2D eigenvalue weighted by atomic mass is 16.5. The van der Waals surface area contributed by atoms with E-state index in [4.69, 9.17) is 9.72 Å². The lowest BCUT2D eigenvalue weighted by atomic mass is 9.93. The molecule has 2 aromatic carbocycles. The topological polar surface area (TPSA) is 42.4 Å². The van der Waals surface area contributed by atoms with Crippen LogP contribution in [0.15, 0.2) is 54.6 Å². The molecule has 1 aliphatic rings. The largest absolute Gasteiger partial charge is 0.497 e. The summed E-state index contributed by atoms with van der Waals surface area (Å²) < 4.78 is 5.25. The van der Waals surface area contributed by atoms with Gasteiger partial charge in [0.25, 0.3) is 5.91 Å². The molecule has 0 radical (unpaired) electrons. The van der Waals surface area contributed by atoms with E-state index in [1.165, 1.54) is 19.3 Å². The first kappa shape index (κ1) is 18.5. The Kier molecular flexibility index (Phi) is 5.29. The maximum absolute atomic E-state index is 13.4. The molecule has 144 valence electrons. The van der Waals surface area contributed by atoms with Crippen molar-refractivity contribution in [1.82, 2.24) is 9.88 Å². The number of hydrogen-bond donors (Lipinski definition) is 0. The van der Waals surface area contributed by atoms with Gasteiger partial charge in [-0.1, -0.05) is 37.5 Å². The van der Waals surface area contributed by atoms with Crippen molar-refractivity contribution in [2.24, 2.45) is 0 Å². The van der Waals surface area contributed by atoms with Crippen LogP contribution in [-0.4, -0.2) is 36.0 Å². The molecule has 0 saturated heterocycles. The van der Waals surface area contributed by atoms with Crippen molar-refractivity contribution in [2.75, 3.05) is 14.2 Å². The van der Waals surface area contributed by atoms with Crippen LogP contribution in [0.2, 0.25) is 0 Å². The molecule has 1 aliphatic carbocycles. The van der Waals surface area contributed by atoms with Gasteiger partial charge >= 0.3 is 0 Å². The highest BCUT2D eigenvalue weighted by Crippen LogP contribution is 2.29. The van der Waals surface area contributed by atoms with E-state index in [0.717, 1.165) is 46.3 Å². The van der Waals surface area contributed by atoms with Gasteiger partial charge in [0.05, 0.1) is 23.9 Å². The van der Waals surface area contributed by atoms with Gasteiger partial charge in [-0.3, -0.25) is 4.79 Å². The Morgan fingerprint density at radius 3 is 2.46 bits per heavy atom. The Balaban J connectivity index is 1.76. The first-order chi connectivity index (χ1) is 13.7. The minimum atomic E-state index is 0.0836. The molecule has 0 atom stereocenters. The lowest BCUT2D eigenvalue weighted by molar-refractivity contribution is 0.0698. The van der Waals surface area contributed by atoms with Crippen molar-refractivity contribution >= 4 is 16.8 Å². The number of para-hydroxylation sites is 1. The van der Waals surface area contributed by atoms with Crippen molar-refractivity contribution in [3.63, 3.8) is 0 Å². The summed E-state index contributed by atoms with van der Waals surface area (Å²) in [6.45, 7) is 0. The lowest BCUT2D eigenvalue weighted by Crippen LogP contribution is -2.38. The van der Waals surface area contributed by atoms with E-state index in [1.807, 2.05) is 66.5 Å². The summed E-state index contributed by atoms with van der Waals surface area (Å²) >= 11 is 0. The Hall–Kier alpha value is -2.88. The van der Waals surface area contributed by atoms with Crippen molar-refractivity contribution in [2.45, 2.75) is 38.1 Å². The number of nitrogens with zero attached hydrogens (tertiary/aromatic N) is 2. The number of carbonyl (C=O) groups excluding carboxylic acids is 1. The van der Waals surface area contributed by atoms with E-state index in [9.17, 15) is 4.79 Å². The van der Waals surface area contributed by atoms with Crippen LogP contribution in [0.1, 0.15) is 42.5 Å². The molecule has 28 heavy (non-hydrogen) atoms. The Labute approximate surface area is 166 Å². The van der Waals surface area contributed by atoms with E-state index >= 15 is 0 Å². The van der Waals surface area contributed by atoms with Crippen LogP contribution >= 0.6 is 0 Å². The van der Waals surface area contributed by atoms with Crippen LogP contribution in [0.3, 0.4) is 0 Å². The normalized spacial score (nSPS) is 14.8. The predicted octanol–water partition coefficient (Wildman–Crippen LogP) is 5.32. The summed E-state index contributed by atoms with van der Waals surface area (Å²) in [6, 6.07) is 18.0. The summed E-state index contributed by atoms with van der Waals surface area (Å²) in [4.78, 5) is 20.2. The molecule has 0 N–H and O–H groups in total. The number of amides is 1. The van der Waals surface area contributed by atoms with Crippen LogP contribution < -0.4 is 4.74 Å². The molecular weight excluding hydrogens is 348 g/mol. The summed E-state index contributed by atoms with van der Waals surface area (Å²) in [7, 11) is 3.60. The maximum atomic E-state index is 13.4. The van der Waals surface area contributed by atoms with E-state index in [2.05, 4.69) is 0 Å². The van der Waals surface area contributed by atoms with E-state index in [1.54, 1.807) is 7.11 Å². The fourth-order valence-corrected chi connectivity index (χ4v) is 4.09. The highest BCUT2D eigenvalue weighted by Gasteiger charge is 2.25. The average molecular weight is 374 g/mol. The number of ether oxygens (including phenoxy) is 1. The molecule has 1 amide bonds. The Morgan fingerprint density at radius 2 is 1.75 bits per heavy atom. The second kappa shape index (κ2) is 8.01. The number of pyridine rings is 1. The van der Waals surface area contributed by atoms with Gasteiger partial charge in [0, 0.05) is 24.0 Å². The van der Waals surface area contributed by atoms with Gasteiger partial charge in [-0.15, -0.1) is 0 Å². The summed E-state index contributed by atoms with van der Waals surface area (Å²) in [5, 5.41) is 0.910. The van der Waals surface area contributed by atoms with Crippen molar-refractivity contribution in [3.05, 3.63) is 60.2 Å². The summed E-state index contributed by atoms with van der Waals surface area (Å²) in [5.41, 5.74) is 3.35. The predicted molar refractivity (Wildman–Crippen MR) is 113 cm³/mol. The van der Waals surface area contributed by atoms with Gasteiger partial charge in [-0.25, -0.2) is 4.98 Å². The van der Waals surface area contributed by atoms with E-state index < -0.39 is 0 Å². The van der Waals surface area contributed by atoms with Gasteiger partial charge in [0.1, 0.15) is 5.75 Å². The molecule has 0 spiro atoms. The molecular formula is C24H26N2O2. The van der Waals surface area contributed by atoms with Crippen LogP contribution in [0.5, 0.6) is 5.75 Å². The second-order valence-electron chi connectivity index (χ2n) is 7.51. The van der Waals surface area contributed by atoms with Crippen LogP contribution in [-0.2, 0) is 0 Å². The molecule has 4 heteroatoms. The van der Waals surface area contributed by atoms with E-state index in [0.29, 0.717) is 6.04 Å². The van der Waals surface area contributed by atoms with Crippen LogP contribution in [0.25, 0.3) is 22.2 Å². The van der Waals surface area contributed by atoms with E-state index in [-0.39, 0.29) is 5.91 Å². The number of hydrogen-bond acceptors (Lipinski definition) is 3. The minimum Gasteiger partial charge on any atom is -0.497 e. The molecule has 1 aromatic heterocycles. The fourth-order valence-electron chi connectivity index (χ4n) is 4.09. The van der Waals surface area contributed by atoms with Crippen molar-refractivity contribution < 1.29 is 9.53 Å². The SMILES string of the molecule is COc1ccc(-c2cc(C(=O)N(C)C3CCCCC3)c3ccccc3n2)cc1. The average Bonchev–Trinajstić information content (AvgIpc) is 2.78. The molecule has 1 fully saturated rings. The molecule has 4 nitrogen and oxygen atoms in total. The summed E-state index contributed by atoms with van der Waals surface area (Å²) in [5.74, 6) is 0.887. The second-order valence-corrected chi connectivity index (χ2v) is 7.51. The van der Waals surface area contributed by atoms with Crippen molar-refractivity contribution in [1.29, 1.82) is 0 Å². The smallest absolute Gasteiger partial charge is 0.254 e. The number of methoxy groups -OCH3 is 1. The monoisotopic (exact) mass is 374 g/mol. The highest BCUT2D eigenvalue weighted by molar-refractivity contribution is 6.07. The third-order valence-electron chi connectivity index (χ3n) is 5.78. The number of rotatable bonds is 4. The molecule has 4 rings (SSSR count). The quantitative estimate of drug-likeness (QED) is 0.621. The Morgan fingerprint density at radius 1 is 1.04 bits per heavy atom. The molecule has 0 aliphatic heterocycles. The molecule has 1 heterocycles. The van der Waals surface area contributed by atoms with Gasteiger partial charge in [-0.05, 0) is 49.2 Å². The zero-order valence-electron chi connectivity index (χ0n) is 16.5. The first-order valence-electron chi connectivity index (χ1n) is 9.99. The van der Waals surface area contributed by atoms with Crippen LogP contribution in [0, 0.1) is 0 Å². The zero-order valence-corrected chi connectivity index (χ0v) is 16.5. The summed E-state index contributed by atoms with van der Waals surface area (Å²) in [6.07, 6.45) is 5.87. The molecule has 3 aromatic rings. The first-order valence-corrected chi connectivity index (χ1v) is 9.99. The van der Waals surface area contributed by atoms with Crippen molar-refractivity contribution in [3.8, 4) is 17.0 Å². The fraction of sp³-hybridized carbons (Fsp3) is 0.333. The Bertz CT molecular complexity index is 976. The zero-order chi connectivity index (χ0) is 19.5.